The summed E-state index contributed by atoms with van der Waals surface area (Å²) in [6.45, 7) is 0. The first kappa shape index (κ1) is 16.4. The van der Waals surface area contributed by atoms with Gasteiger partial charge in [0.1, 0.15) is 5.82 Å². The van der Waals surface area contributed by atoms with Gasteiger partial charge in [0.15, 0.2) is 0 Å². The van der Waals surface area contributed by atoms with E-state index in [4.69, 9.17) is 0 Å². The average molecular weight is 383 g/mol. The summed E-state index contributed by atoms with van der Waals surface area (Å²) < 4.78 is 14.1. The summed E-state index contributed by atoms with van der Waals surface area (Å²) in [4.78, 5) is 0. The smallest absolute Gasteiger partial charge is 0.123 e. The van der Waals surface area contributed by atoms with Crippen LogP contribution in [-0.4, -0.2) is 5.71 Å². The molecule has 3 aromatic rings. The van der Waals surface area contributed by atoms with Gasteiger partial charge in [-0.05, 0) is 51.3 Å². The number of hydrogen-bond donors (Lipinski definition) is 1. The topological polar surface area (TPSA) is 24.4 Å². The number of para-hydroxylation sites is 1. The Bertz CT molecular complexity index is 830. The largest absolute Gasteiger partial charge is 0.277 e. The van der Waals surface area contributed by atoms with Gasteiger partial charge in [0, 0.05) is 10.9 Å². The molecule has 0 bridgehead atoms. The molecule has 0 spiro atoms. The zero-order chi connectivity index (χ0) is 16.8. The van der Waals surface area contributed by atoms with Gasteiger partial charge in [-0.25, -0.2) is 4.39 Å². The van der Waals surface area contributed by atoms with Crippen LogP contribution in [0.25, 0.3) is 0 Å². The first-order valence-electron chi connectivity index (χ1n) is 7.59. The molecule has 0 aromatic heterocycles. The summed E-state index contributed by atoms with van der Waals surface area (Å²) in [5, 5.41) is 4.59. The maximum atomic E-state index is 13.1. The zero-order valence-electron chi connectivity index (χ0n) is 12.9. The minimum atomic E-state index is -0.233. The Balaban J connectivity index is 1.88. The first-order valence-corrected chi connectivity index (χ1v) is 8.38. The number of hydrogen-bond acceptors (Lipinski definition) is 2. The molecule has 0 saturated heterocycles. The highest BCUT2D eigenvalue weighted by atomic mass is 79.9. The molecule has 0 amide bonds. The van der Waals surface area contributed by atoms with E-state index in [1.165, 1.54) is 12.1 Å². The summed E-state index contributed by atoms with van der Waals surface area (Å²) in [6, 6.07) is 24.3. The molecule has 0 radical (unpaired) electrons. The number of hydrazone groups is 1. The van der Waals surface area contributed by atoms with Gasteiger partial charge in [0.2, 0.25) is 0 Å². The lowest BCUT2D eigenvalue weighted by Gasteiger charge is -2.09. The Labute approximate surface area is 149 Å². The Morgan fingerprint density at radius 3 is 2.25 bits per heavy atom. The molecule has 4 heteroatoms. The number of anilines is 1. The van der Waals surface area contributed by atoms with E-state index >= 15 is 0 Å². The molecular formula is C20H16BrFN2. The second-order valence-electron chi connectivity index (χ2n) is 5.32. The standard InChI is InChI=1S/C20H16BrFN2/c21-18-8-4-5-9-19(18)23-24-20(16-6-2-1-3-7-16)14-15-10-12-17(22)13-11-15/h1-13,23H,14H2/b24-20-. The van der Waals surface area contributed by atoms with Crippen LogP contribution >= 0.6 is 15.9 Å². The Kier molecular flexibility index (Phi) is 5.39. The quantitative estimate of drug-likeness (QED) is 0.447. The fourth-order valence-electron chi connectivity index (χ4n) is 2.31. The van der Waals surface area contributed by atoms with Crippen molar-refractivity contribution in [3.8, 4) is 0 Å². The molecule has 0 atom stereocenters. The molecule has 0 unspecified atom stereocenters. The molecule has 3 aromatic carbocycles. The molecule has 0 fully saturated rings. The highest BCUT2D eigenvalue weighted by Crippen LogP contribution is 2.21. The number of nitrogens with one attached hydrogen (secondary N) is 1. The molecule has 0 heterocycles. The van der Waals surface area contributed by atoms with Crippen molar-refractivity contribution in [2.45, 2.75) is 6.42 Å². The third kappa shape index (κ3) is 4.30. The van der Waals surface area contributed by atoms with Crippen LogP contribution in [0, 0.1) is 5.82 Å². The van der Waals surface area contributed by atoms with Gasteiger partial charge in [-0.15, -0.1) is 0 Å². The van der Waals surface area contributed by atoms with Crippen molar-refractivity contribution in [2.24, 2.45) is 5.10 Å². The van der Waals surface area contributed by atoms with Gasteiger partial charge in [-0.2, -0.15) is 5.10 Å². The SMILES string of the molecule is Fc1ccc(C/C(=N/Nc2ccccc2Br)c2ccccc2)cc1. The molecule has 0 aliphatic heterocycles. The summed E-state index contributed by atoms with van der Waals surface area (Å²) >= 11 is 3.50. The van der Waals surface area contributed by atoms with Crippen molar-refractivity contribution in [1.82, 2.24) is 0 Å². The monoisotopic (exact) mass is 382 g/mol. The first-order chi connectivity index (χ1) is 11.7. The van der Waals surface area contributed by atoms with E-state index in [1.807, 2.05) is 54.6 Å². The molecule has 0 aliphatic carbocycles. The van der Waals surface area contributed by atoms with Crippen molar-refractivity contribution in [1.29, 1.82) is 0 Å². The van der Waals surface area contributed by atoms with Crippen LogP contribution < -0.4 is 5.43 Å². The van der Waals surface area contributed by atoms with Crippen LogP contribution in [0.15, 0.2) is 88.4 Å². The number of rotatable bonds is 5. The Hall–Kier alpha value is -2.46. The lowest BCUT2D eigenvalue weighted by atomic mass is 10.0. The van der Waals surface area contributed by atoms with Gasteiger partial charge in [0.05, 0.1) is 11.4 Å². The molecule has 2 nitrogen and oxygen atoms in total. The van der Waals surface area contributed by atoms with E-state index in [0.717, 1.165) is 27.0 Å². The minimum Gasteiger partial charge on any atom is -0.277 e. The van der Waals surface area contributed by atoms with E-state index in [2.05, 4.69) is 26.5 Å². The number of nitrogens with zero attached hydrogens (tertiary/aromatic N) is 1. The van der Waals surface area contributed by atoms with Crippen LogP contribution in [-0.2, 0) is 6.42 Å². The van der Waals surface area contributed by atoms with Gasteiger partial charge < -0.3 is 0 Å². The maximum Gasteiger partial charge on any atom is 0.123 e. The third-order valence-corrected chi connectivity index (χ3v) is 4.27. The Morgan fingerprint density at radius 1 is 0.875 bits per heavy atom. The van der Waals surface area contributed by atoms with Crippen LogP contribution in [0.4, 0.5) is 10.1 Å². The van der Waals surface area contributed by atoms with Crippen molar-refractivity contribution < 1.29 is 4.39 Å². The van der Waals surface area contributed by atoms with Crippen LogP contribution in [0.1, 0.15) is 11.1 Å². The third-order valence-electron chi connectivity index (χ3n) is 3.58. The summed E-state index contributed by atoms with van der Waals surface area (Å²) in [6.07, 6.45) is 0.613. The molecule has 3 rings (SSSR count). The van der Waals surface area contributed by atoms with Crippen molar-refractivity contribution in [3.63, 3.8) is 0 Å². The summed E-state index contributed by atoms with van der Waals surface area (Å²) in [7, 11) is 0. The van der Waals surface area contributed by atoms with E-state index in [0.29, 0.717) is 6.42 Å². The second kappa shape index (κ2) is 7.88. The van der Waals surface area contributed by atoms with Crippen molar-refractivity contribution >= 4 is 27.3 Å². The summed E-state index contributed by atoms with van der Waals surface area (Å²) in [5.74, 6) is -0.233. The van der Waals surface area contributed by atoms with E-state index < -0.39 is 0 Å². The predicted molar refractivity (Wildman–Crippen MR) is 101 cm³/mol. The molecule has 0 aliphatic rings. The normalized spacial score (nSPS) is 11.3. The maximum absolute atomic E-state index is 13.1. The van der Waals surface area contributed by atoms with Crippen LogP contribution in [0.3, 0.4) is 0 Å². The highest BCUT2D eigenvalue weighted by molar-refractivity contribution is 9.10. The number of benzene rings is 3. The van der Waals surface area contributed by atoms with Crippen molar-refractivity contribution in [3.05, 3.63) is 100 Å². The number of halogens is 2. The fraction of sp³-hybridized carbons (Fsp3) is 0.0500. The molecule has 24 heavy (non-hydrogen) atoms. The lowest BCUT2D eigenvalue weighted by molar-refractivity contribution is 0.627. The fourth-order valence-corrected chi connectivity index (χ4v) is 2.69. The second-order valence-corrected chi connectivity index (χ2v) is 6.17. The van der Waals surface area contributed by atoms with Gasteiger partial charge in [-0.3, -0.25) is 5.43 Å². The predicted octanol–water partition coefficient (Wildman–Crippen LogP) is 5.65. The van der Waals surface area contributed by atoms with Gasteiger partial charge in [0.25, 0.3) is 0 Å². The lowest BCUT2D eigenvalue weighted by Crippen LogP contribution is -2.08. The van der Waals surface area contributed by atoms with Crippen LogP contribution in [0.5, 0.6) is 0 Å². The summed E-state index contributed by atoms with van der Waals surface area (Å²) in [5.41, 5.74) is 6.93. The highest BCUT2D eigenvalue weighted by Gasteiger charge is 2.06. The Morgan fingerprint density at radius 2 is 1.54 bits per heavy atom. The van der Waals surface area contributed by atoms with E-state index in [9.17, 15) is 4.39 Å². The van der Waals surface area contributed by atoms with Crippen LogP contribution in [0.2, 0.25) is 0 Å². The minimum absolute atomic E-state index is 0.233. The van der Waals surface area contributed by atoms with Gasteiger partial charge in [-0.1, -0.05) is 54.6 Å². The average Bonchev–Trinajstić information content (AvgIpc) is 2.62. The molecule has 1 N–H and O–H groups in total. The van der Waals surface area contributed by atoms with Gasteiger partial charge >= 0.3 is 0 Å². The molecule has 0 saturated carbocycles. The van der Waals surface area contributed by atoms with Crippen molar-refractivity contribution in [2.75, 3.05) is 5.43 Å². The van der Waals surface area contributed by atoms with E-state index in [-0.39, 0.29) is 5.82 Å². The molecular weight excluding hydrogens is 367 g/mol. The van der Waals surface area contributed by atoms with E-state index in [1.54, 1.807) is 12.1 Å². The molecule has 120 valence electrons. The zero-order valence-corrected chi connectivity index (χ0v) is 14.5.